The zero-order valence-electron chi connectivity index (χ0n) is 25.8. The van der Waals surface area contributed by atoms with Crippen LogP contribution in [0.25, 0.3) is 70.2 Å². The van der Waals surface area contributed by atoms with Crippen LogP contribution in [0, 0.1) is 5.82 Å². The molecule has 0 amide bonds. The molecule has 2 heterocycles. The molecule has 0 aliphatic carbocycles. The number of imidazole rings is 1. The van der Waals surface area contributed by atoms with E-state index in [-0.39, 0.29) is 17.7 Å². The summed E-state index contributed by atoms with van der Waals surface area (Å²) in [6.07, 6.45) is 0. The quantitative estimate of drug-likeness (QED) is 0.191. The molecule has 0 saturated carbocycles. The van der Waals surface area contributed by atoms with Crippen LogP contribution in [0.4, 0.5) is 4.39 Å². The van der Waals surface area contributed by atoms with E-state index in [0.29, 0.717) is 0 Å². The van der Waals surface area contributed by atoms with Crippen molar-refractivity contribution < 1.29 is 4.39 Å². The summed E-state index contributed by atoms with van der Waals surface area (Å²) in [5.41, 5.74) is 9.38. The van der Waals surface area contributed by atoms with Crippen molar-refractivity contribution in [3.8, 4) is 28.2 Å². The van der Waals surface area contributed by atoms with Crippen molar-refractivity contribution >= 4 is 53.3 Å². The van der Waals surface area contributed by atoms with Gasteiger partial charge in [-0.1, -0.05) is 107 Å². The van der Waals surface area contributed by atoms with E-state index in [1.807, 2.05) is 6.07 Å². The Morgan fingerprint density at radius 3 is 2.11 bits per heavy atom. The minimum absolute atomic E-state index is 0.212. The number of benzene rings is 6. The van der Waals surface area contributed by atoms with Gasteiger partial charge < -0.3 is 0 Å². The van der Waals surface area contributed by atoms with Crippen LogP contribution in [0.1, 0.15) is 50.7 Å². The third kappa shape index (κ3) is 4.47. The molecule has 45 heavy (non-hydrogen) atoms. The average molecular weight is 605 g/mol. The lowest BCUT2D eigenvalue weighted by Crippen LogP contribution is -2.09. The maximum Gasteiger partial charge on any atom is 0.147 e. The van der Waals surface area contributed by atoms with Crippen LogP contribution < -0.4 is 0 Å². The van der Waals surface area contributed by atoms with Crippen molar-refractivity contribution in [2.45, 2.75) is 39.5 Å². The first-order chi connectivity index (χ1) is 21.9. The van der Waals surface area contributed by atoms with Crippen LogP contribution >= 0.6 is 11.3 Å². The summed E-state index contributed by atoms with van der Waals surface area (Å²) in [4.78, 5) is 5.42. The summed E-state index contributed by atoms with van der Waals surface area (Å²) in [5.74, 6) is 1.24. The highest BCUT2D eigenvalue weighted by atomic mass is 32.1. The molecule has 0 spiro atoms. The van der Waals surface area contributed by atoms with Crippen molar-refractivity contribution in [2.24, 2.45) is 0 Å². The molecule has 0 aliphatic rings. The number of halogens is 1. The minimum atomic E-state index is -0.212. The SMILES string of the molecule is CC(C)c1cc(-c2ccccc2)cc(C(C)C)c1-n1c(-c2cccc3c2sc2cc(F)ccc23)nc2ccc3ccccc3c21. The largest absolute Gasteiger partial charge is 0.291 e. The molecule has 0 saturated heterocycles. The van der Waals surface area contributed by atoms with Gasteiger partial charge in [0.1, 0.15) is 11.6 Å². The number of rotatable bonds is 5. The third-order valence-electron chi connectivity index (χ3n) is 8.99. The van der Waals surface area contributed by atoms with Gasteiger partial charge in [-0.2, -0.15) is 0 Å². The molecule has 0 bridgehead atoms. The van der Waals surface area contributed by atoms with Gasteiger partial charge in [0.2, 0.25) is 0 Å². The lowest BCUT2D eigenvalue weighted by atomic mass is 9.88. The van der Waals surface area contributed by atoms with E-state index < -0.39 is 0 Å². The zero-order chi connectivity index (χ0) is 30.8. The summed E-state index contributed by atoms with van der Waals surface area (Å²) < 4.78 is 18.9. The number of nitrogens with zero attached hydrogens (tertiary/aromatic N) is 2. The fourth-order valence-electron chi connectivity index (χ4n) is 6.80. The van der Waals surface area contributed by atoms with E-state index in [0.717, 1.165) is 42.6 Å². The van der Waals surface area contributed by atoms with Crippen LogP contribution in [0.15, 0.2) is 115 Å². The molecule has 0 N–H and O–H groups in total. The Morgan fingerprint density at radius 2 is 1.36 bits per heavy atom. The molecule has 0 fully saturated rings. The summed E-state index contributed by atoms with van der Waals surface area (Å²) >= 11 is 1.64. The monoisotopic (exact) mass is 604 g/mol. The second-order valence-corrected chi connectivity index (χ2v) is 13.6. The van der Waals surface area contributed by atoms with Gasteiger partial charge in [0.25, 0.3) is 0 Å². The number of hydrogen-bond acceptors (Lipinski definition) is 2. The van der Waals surface area contributed by atoms with Crippen molar-refractivity contribution in [3.05, 3.63) is 132 Å². The normalized spacial score (nSPS) is 12.1. The van der Waals surface area contributed by atoms with Crippen LogP contribution in [-0.2, 0) is 0 Å². The Bertz CT molecular complexity index is 2370. The van der Waals surface area contributed by atoms with Crippen LogP contribution in [0.3, 0.4) is 0 Å². The van der Waals surface area contributed by atoms with Gasteiger partial charge in [-0.15, -0.1) is 11.3 Å². The molecule has 8 aromatic rings. The molecular formula is C41H33FN2S. The maximum absolute atomic E-state index is 14.3. The van der Waals surface area contributed by atoms with Gasteiger partial charge in [0, 0.05) is 31.1 Å². The van der Waals surface area contributed by atoms with Gasteiger partial charge in [-0.05, 0) is 75.9 Å². The van der Waals surface area contributed by atoms with Gasteiger partial charge >= 0.3 is 0 Å². The molecule has 220 valence electrons. The molecule has 2 nitrogen and oxygen atoms in total. The standard InChI is InChI=1S/C41H33FN2S/c1-24(2)34-21-28(26-11-6-5-7-12-26)22-35(25(3)4)38(34)44-39-30-14-9-8-13-27(30)17-20-36(39)43-41(44)33-16-10-15-32-31-19-18-29(42)23-37(31)45-40(32)33/h5-25H,1-4H3. The van der Waals surface area contributed by atoms with E-state index in [4.69, 9.17) is 4.98 Å². The topological polar surface area (TPSA) is 17.8 Å². The van der Waals surface area contributed by atoms with Gasteiger partial charge in [-0.25, -0.2) is 9.37 Å². The second-order valence-electron chi connectivity index (χ2n) is 12.5. The van der Waals surface area contributed by atoms with Gasteiger partial charge in [0.05, 0.1) is 16.7 Å². The van der Waals surface area contributed by atoms with E-state index in [9.17, 15) is 4.39 Å². The third-order valence-corrected chi connectivity index (χ3v) is 10.2. The maximum atomic E-state index is 14.3. The summed E-state index contributed by atoms with van der Waals surface area (Å²) in [6.45, 7) is 9.15. The Balaban J connectivity index is 1.54. The Labute approximate surface area is 266 Å². The lowest BCUT2D eigenvalue weighted by molar-refractivity contribution is 0.630. The molecule has 8 rings (SSSR count). The number of fused-ring (bicyclic) bond motifs is 6. The Hall–Kier alpha value is -4.80. The fourth-order valence-corrected chi connectivity index (χ4v) is 8.04. The molecule has 0 aliphatic heterocycles. The highest BCUT2D eigenvalue weighted by molar-refractivity contribution is 7.26. The molecule has 2 aromatic heterocycles. The predicted octanol–water partition coefficient (Wildman–Crippen LogP) is 12.3. The summed E-state index contributed by atoms with van der Waals surface area (Å²) in [6, 6.07) is 39.9. The van der Waals surface area contributed by atoms with Crippen molar-refractivity contribution in [3.63, 3.8) is 0 Å². The van der Waals surface area contributed by atoms with Crippen LogP contribution in [0.5, 0.6) is 0 Å². The summed E-state index contributed by atoms with van der Waals surface area (Å²) in [5, 5.41) is 4.56. The number of hydrogen-bond donors (Lipinski definition) is 0. The molecule has 0 unspecified atom stereocenters. The highest BCUT2D eigenvalue weighted by Crippen LogP contribution is 2.45. The van der Waals surface area contributed by atoms with Crippen molar-refractivity contribution in [1.82, 2.24) is 9.55 Å². The molecule has 0 radical (unpaired) electrons. The number of aromatic nitrogens is 2. The van der Waals surface area contributed by atoms with Crippen LogP contribution in [0.2, 0.25) is 0 Å². The first-order valence-corrected chi connectivity index (χ1v) is 16.5. The van der Waals surface area contributed by atoms with Crippen molar-refractivity contribution in [2.75, 3.05) is 0 Å². The van der Waals surface area contributed by atoms with E-state index >= 15 is 0 Å². The first-order valence-electron chi connectivity index (χ1n) is 15.6. The lowest BCUT2D eigenvalue weighted by Gasteiger charge is -2.25. The summed E-state index contributed by atoms with van der Waals surface area (Å²) in [7, 11) is 0. The zero-order valence-corrected chi connectivity index (χ0v) is 26.6. The Kier molecular flexibility index (Phi) is 6.58. The molecular weight excluding hydrogens is 572 g/mol. The second kappa shape index (κ2) is 10.7. The molecule has 4 heteroatoms. The minimum Gasteiger partial charge on any atom is -0.291 e. The first kappa shape index (κ1) is 27.7. The fraction of sp³-hybridized carbons (Fsp3) is 0.146. The van der Waals surface area contributed by atoms with E-state index in [1.165, 1.54) is 38.7 Å². The highest BCUT2D eigenvalue weighted by Gasteiger charge is 2.26. The van der Waals surface area contributed by atoms with Crippen LogP contribution in [-0.4, -0.2) is 9.55 Å². The number of thiophene rings is 1. The average Bonchev–Trinajstić information content (AvgIpc) is 3.62. The van der Waals surface area contributed by atoms with Crippen molar-refractivity contribution in [1.29, 1.82) is 0 Å². The Morgan fingerprint density at radius 1 is 0.644 bits per heavy atom. The smallest absolute Gasteiger partial charge is 0.147 e. The van der Waals surface area contributed by atoms with E-state index in [1.54, 1.807) is 23.5 Å². The van der Waals surface area contributed by atoms with Gasteiger partial charge in [0.15, 0.2) is 0 Å². The predicted molar refractivity (Wildman–Crippen MR) is 190 cm³/mol. The molecule has 0 atom stereocenters. The molecule has 6 aromatic carbocycles. The van der Waals surface area contributed by atoms with E-state index in [2.05, 4.69) is 129 Å². The van der Waals surface area contributed by atoms with Gasteiger partial charge in [-0.3, -0.25) is 4.57 Å².